The van der Waals surface area contributed by atoms with E-state index in [-0.39, 0.29) is 5.17 Å². The summed E-state index contributed by atoms with van der Waals surface area (Å²) in [6.45, 7) is 0. The van der Waals surface area contributed by atoms with E-state index < -0.39 is 0 Å². The van der Waals surface area contributed by atoms with Crippen LogP contribution in [0.5, 0.6) is 0 Å². The number of benzene rings is 1. The van der Waals surface area contributed by atoms with Crippen molar-refractivity contribution in [3.05, 3.63) is 24.3 Å². The zero-order valence-electron chi connectivity index (χ0n) is 9.21. The van der Waals surface area contributed by atoms with Crippen LogP contribution in [0.2, 0.25) is 0 Å². The Labute approximate surface area is 98.6 Å². The molecule has 0 saturated heterocycles. The summed E-state index contributed by atoms with van der Waals surface area (Å²) in [6.07, 6.45) is 0. The van der Waals surface area contributed by atoms with Crippen LogP contribution >= 0.6 is 11.8 Å². The molecule has 0 saturated carbocycles. The molecule has 0 radical (unpaired) electrons. The lowest BCUT2D eigenvalue weighted by atomic mass is 10.3. The van der Waals surface area contributed by atoms with Crippen LogP contribution in [0.1, 0.15) is 0 Å². The standard InChI is InChI=1S/C10H13N5S/c1-15(2)9-5-3-8(4-6-9)13-14-10(12)16-7-11/h3-7,11-12H,1-2H3/p+1. The topological polar surface area (TPSA) is 77.4 Å². The van der Waals surface area contributed by atoms with Gasteiger partial charge < -0.3 is 10.3 Å². The van der Waals surface area contributed by atoms with Crippen LogP contribution in [0.4, 0.5) is 11.4 Å². The molecule has 0 atom stereocenters. The second-order valence-electron chi connectivity index (χ2n) is 3.18. The molecule has 0 unspecified atom stereocenters. The molecule has 1 aromatic carbocycles. The molecule has 1 rings (SSSR count). The lowest BCUT2D eigenvalue weighted by Crippen LogP contribution is -2.35. The first-order valence-corrected chi connectivity index (χ1v) is 5.48. The maximum atomic E-state index is 6.82. The molecule has 0 aromatic heterocycles. The molecule has 6 heteroatoms. The predicted octanol–water partition coefficient (Wildman–Crippen LogP) is 1.29. The van der Waals surface area contributed by atoms with Gasteiger partial charge in [0, 0.05) is 31.5 Å². The summed E-state index contributed by atoms with van der Waals surface area (Å²) in [7, 11) is 3.95. The largest absolute Gasteiger partial charge is 0.382 e. The van der Waals surface area contributed by atoms with Gasteiger partial charge in [0.2, 0.25) is 0 Å². The first-order chi connectivity index (χ1) is 7.63. The highest BCUT2D eigenvalue weighted by Crippen LogP contribution is 2.18. The predicted molar refractivity (Wildman–Crippen MR) is 68.6 cm³/mol. The van der Waals surface area contributed by atoms with Gasteiger partial charge in [-0.3, -0.25) is 5.41 Å². The lowest BCUT2D eigenvalue weighted by molar-refractivity contribution is -0.110. The van der Waals surface area contributed by atoms with Gasteiger partial charge in [0.25, 0.3) is 0 Å². The van der Waals surface area contributed by atoms with Gasteiger partial charge in [-0.1, -0.05) is 0 Å². The maximum Gasteiger partial charge on any atom is 0.382 e. The van der Waals surface area contributed by atoms with Crippen LogP contribution < -0.4 is 10.3 Å². The normalized spacial score (nSPS) is 10.4. The third-order valence-corrected chi connectivity index (χ3v) is 2.25. The zero-order chi connectivity index (χ0) is 12.0. The van der Waals surface area contributed by atoms with Crippen LogP contribution in [0.25, 0.3) is 0 Å². The van der Waals surface area contributed by atoms with E-state index in [1.807, 2.05) is 43.3 Å². The number of nitrogens with two attached hydrogens (primary N) is 1. The monoisotopic (exact) mass is 236 g/mol. The summed E-state index contributed by atoms with van der Waals surface area (Å²) in [5, 5.41) is 20.3. The first kappa shape index (κ1) is 12.4. The Hall–Kier alpha value is -1.69. The van der Waals surface area contributed by atoms with Crippen molar-refractivity contribution in [3.63, 3.8) is 0 Å². The Kier molecular flexibility index (Phi) is 4.65. The van der Waals surface area contributed by atoms with Crippen molar-refractivity contribution in [3.8, 4) is 0 Å². The number of nitrogens with one attached hydrogen (secondary N) is 1. The minimum absolute atomic E-state index is 0.256. The Balaban J connectivity index is 2.68. The van der Waals surface area contributed by atoms with Crippen LogP contribution in [-0.4, -0.2) is 24.8 Å². The fourth-order valence-electron chi connectivity index (χ4n) is 1.01. The summed E-state index contributed by atoms with van der Waals surface area (Å²) in [5.41, 5.74) is 2.95. The molecule has 0 fully saturated rings. The van der Waals surface area contributed by atoms with Gasteiger partial charge in [0.05, 0.1) is 10.7 Å². The van der Waals surface area contributed by atoms with Crippen molar-refractivity contribution in [1.82, 2.24) is 0 Å². The average molecular weight is 236 g/mol. The number of thioether (sulfide) groups is 1. The van der Waals surface area contributed by atoms with Crippen LogP contribution in [0.3, 0.4) is 0 Å². The fraction of sp³-hybridized carbons (Fsp3) is 0.200. The van der Waals surface area contributed by atoms with Gasteiger partial charge in [-0.05, 0) is 29.4 Å². The molecule has 1 aromatic rings. The summed E-state index contributed by atoms with van der Waals surface area (Å²) < 4.78 is 0. The Morgan fingerprint density at radius 3 is 2.50 bits per heavy atom. The van der Waals surface area contributed by atoms with E-state index in [0.29, 0.717) is 0 Å². The highest BCUT2D eigenvalue weighted by molar-refractivity contribution is 8.24. The van der Waals surface area contributed by atoms with E-state index >= 15 is 0 Å². The molecule has 0 aliphatic rings. The smallest absolute Gasteiger partial charge is 0.378 e. The minimum atomic E-state index is 0.256. The molecule has 0 aliphatic heterocycles. The number of hydrogen-bond donors (Lipinski definition) is 2. The van der Waals surface area contributed by atoms with Crippen molar-refractivity contribution < 1.29 is 5.41 Å². The van der Waals surface area contributed by atoms with E-state index in [0.717, 1.165) is 28.7 Å². The highest BCUT2D eigenvalue weighted by atomic mass is 32.2. The van der Waals surface area contributed by atoms with Gasteiger partial charge in [0.15, 0.2) is 0 Å². The molecule has 16 heavy (non-hydrogen) atoms. The Morgan fingerprint density at radius 2 is 2.00 bits per heavy atom. The molecule has 0 spiro atoms. The molecule has 5 nitrogen and oxygen atoms in total. The Bertz CT molecular complexity index is 396. The Morgan fingerprint density at radius 1 is 1.38 bits per heavy atom. The average Bonchev–Trinajstić information content (AvgIpc) is 2.27. The summed E-state index contributed by atoms with van der Waals surface area (Å²) in [6, 6.07) is 7.63. The first-order valence-electron chi connectivity index (χ1n) is 4.60. The molecule has 84 valence electrons. The van der Waals surface area contributed by atoms with E-state index in [4.69, 9.17) is 10.8 Å². The number of anilines is 1. The summed E-state index contributed by atoms with van der Waals surface area (Å²) in [4.78, 5) is 2.01. The van der Waals surface area contributed by atoms with E-state index in [1.165, 1.54) is 0 Å². The summed E-state index contributed by atoms with van der Waals surface area (Å²) >= 11 is 1.03. The minimum Gasteiger partial charge on any atom is -0.378 e. The van der Waals surface area contributed by atoms with Crippen molar-refractivity contribution in [2.75, 3.05) is 19.0 Å². The molecule has 0 bridgehead atoms. The second kappa shape index (κ2) is 6.02. The number of azo groups is 1. The van der Waals surface area contributed by atoms with Crippen molar-refractivity contribution >= 4 is 33.9 Å². The molecule has 3 N–H and O–H groups in total. The number of rotatable bonds is 3. The maximum absolute atomic E-state index is 6.82. The fourth-order valence-corrected chi connectivity index (χ4v) is 1.22. The van der Waals surface area contributed by atoms with Crippen LogP contribution in [0, 0.1) is 5.41 Å². The quantitative estimate of drug-likeness (QED) is 0.471. The number of hydrogen-bond acceptors (Lipinski definition) is 4. The number of nitrogens with zero attached hydrogens (tertiary/aromatic N) is 3. The molecular weight excluding hydrogens is 222 g/mol. The van der Waals surface area contributed by atoms with E-state index in [2.05, 4.69) is 10.2 Å². The zero-order valence-corrected chi connectivity index (χ0v) is 10.0. The number of amidine groups is 1. The van der Waals surface area contributed by atoms with Crippen molar-refractivity contribution in [1.29, 1.82) is 5.41 Å². The molecule has 0 heterocycles. The second-order valence-corrected chi connectivity index (χ2v) is 4.07. The third kappa shape index (κ3) is 3.82. The van der Waals surface area contributed by atoms with Crippen LogP contribution in [-0.2, 0) is 0 Å². The van der Waals surface area contributed by atoms with Crippen molar-refractivity contribution in [2.24, 2.45) is 10.2 Å². The summed E-state index contributed by atoms with van der Waals surface area (Å²) in [5.74, 6) is 0. The van der Waals surface area contributed by atoms with Gasteiger partial charge in [0.1, 0.15) is 5.69 Å². The molecular formula is C10H14N5S+. The lowest BCUT2D eigenvalue weighted by Gasteiger charge is -2.11. The highest BCUT2D eigenvalue weighted by Gasteiger charge is 2.02. The van der Waals surface area contributed by atoms with Gasteiger partial charge in [-0.15, -0.1) is 0 Å². The van der Waals surface area contributed by atoms with E-state index in [1.54, 1.807) is 0 Å². The SMILES string of the molecule is CN(C)c1ccc(N=NC(=[NH2+])SC=N)cc1. The van der Waals surface area contributed by atoms with Gasteiger partial charge >= 0.3 is 5.17 Å². The molecule has 0 amide bonds. The van der Waals surface area contributed by atoms with E-state index in [9.17, 15) is 0 Å². The van der Waals surface area contributed by atoms with Crippen LogP contribution in [0.15, 0.2) is 34.5 Å². The van der Waals surface area contributed by atoms with Gasteiger partial charge in [-0.2, -0.15) is 0 Å². The third-order valence-electron chi connectivity index (χ3n) is 1.81. The molecule has 0 aliphatic carbocycles. The van der Waals surface area contributed by atoms with Gasteiger partial charge in [-0.25, -0.2) is 0 Å². The van der Waals surface area contributed by atoms with Crippen molar-refractivity contribution in [2.45, 2.75) is 0 Å².